The maximum Gasteiger partial charge on any atom is 0.254 e. The third-order valence-corrected chi connectivity index (χ3v) is 5.16. The number of hydrogen-bond acceptors (Lipinski definition) is 4. The number of halogens is 1. The Morgan fingerprint density at radius 2 is 1.69 bits per heavy atom. The number of pyridine rings is 1. The van der Waals surface area contributed by atoms with Crippen LogP contribution in [0.25, 0.3) is 0 Å². The summed E-state index contributed by atoms with van der Waals surface area (Å²) in [7, 11) is 3.76. The molecular formula is C22H27FN4O2. The molecule has 0 saturated heterocycles. The number of carbonyl (C=O) groups is 2. The van der Waals surface area contributed by atoms with E-state index >= 15 is 0 Å². The average Bonchev–Trinajstić information content (AvgIpc) is 2.72. The number of amides is 2. The number of fused-ring (bicyclic) bond motifs is 2. The highest BCUT2D eigenvalue weighted by molar-refractivity contribution is 5.96. The summed E-state index contributed by atoms with van der Waals surface area (Å²) < 4.78 is 13.2. The average molecular weight is 398 g/mol. The zero-order valence-electron chi connectivity index (χ0n) is 17.0. The van der Waals surface area contributed by atoms with Gasteiger partial charge in [0, 0.05) is 45.0 Å². The highest BCUT2D eigenvalue weighted by atomic mass is 19.1. The lowest BCUT2D eigenvalue weighted by Gasteiger charge is -2.27. The maximum atomic E-state index is 13.2. The summed E-state index contributed by atoms with van der Waals surface area (Å²) in [4.78, 5) is 35.6. The van der Waals surface area contributed by atoms with E-state index in [2.05, 4.69) is 4.90 Å². The molecule has 3 rings (SSSR count). The van der Waals surface area contributed by atoms with Gasteiger partial charge in [0.25, 0.3) is 5.91 Å². The molecule has 6 nitrogen and oxygen atoms in total. The van der Waals surface area contributed by atoms with Crippen LogP contribution >= 0.6 is 0 Å². The molecule has 154 valence electrons. The first kappa shape index (κ1) is 20.8. The predicted molar refractivity (Wildman–Crippen MR) is 110 cm³/mol. The van der Waals surface area contributed by atoms with Crippen LogP contribution < -0.4 is 4.90 Å². The molecule has 1 aromatic carbocycles. The summed E-state index contributed by atoms with van der Waals surface area (Å²) in [6, 6.07) is 11.4. The normalized spacial score (nSPS) is 16.5. The van der Waals surface area contributed by atoms with Crippen molar-refractivity contribution in [2.45, 2.75) is 19.3 Å². The molecule has 0 atom stereocenters. The Morgan fingerprint density at radius 1 is 0.966 bits per heavy atom. The number of rotatable bonds is 1. The maximum absolute atomic E-state index is 13.2. The second-order valence-electron chi connectivity index (χ2n) is 7.41. The Morgan fingerprint density at radius 3 is 2.45 bits per heavy atom. The minimum absolute atomic E-state index is 0.00994. The van der Waals surface area contributed by atoms with E-state index in [4.69, 9.17) is 4.98 Å². The number of hydrogen-bond donors (Lipinski definition) is 0. The molecule has 0 N–H and O–H groups in total. The van der Waals surface area contributed by atoms with Crippen molar-refractivity contribution in [2.24, 2.45) is 0 Å². The molecule has 0 unspecified atom stereocenters. The first-order valence-electron chi connectivity index (χ1n) is 9.90. The van der Waals surface area contributed by atoms with Crippen molar-refractivity contribution in [3.63, 3.8) is 0 Å². The predicted octanol–water partition coefficient (Wildman–Crippen LogP) is 2.59. The molecule has 0 aliphatic carbocycles. The second-order valence-corrected chi connectivity index (χ2v) is 7.41. The second kappa shape index (κ2) is 9.49. The number of aryl methyl sites for hydroxylation is 1. The van der Waals surface area contributed by atoms with Crippen LogP contribution in [0.15, 0.2) is 42.5 Å². The van der Waals surface area contributed by atoms with Crippen LogP contribution in [0.4, 0.5) is 10.2 Å². The lowest BCUT2D eigenvalue weighted by Crippen LogP contribution is -2.42. The molecule has 1 aliphatic rings. The van der Waals surface area contributed by atoms with Gasteiger partial charge in [-0.15, -0.1) is 0 Å². The summed E-state index contributed by atoms with van der Waals surface area (Å²) >= 11 is 0. The van der Waals surface area contributed by atoms with E-state index in [0.29, 0.717) is 31.5 Å². The quantitative estimate of drug-likeness (QED) is 0.741. The SMILES string of the molecule is CN1CCCN(C)c2cccc(n2)CCCN(C(=O)c2ccc(F)cc2)CC1=O. The molecule has 2 aromatic rings. The van der Waals surface area contributed by atoms with E-state index in [0.717, 1.165) is 24.5 Å². The Labute approximate surface area is 170 Å². The van der Waals surface area contributed by atoms with E-state index in [1.807, 2.05) is 25.2 Å². The lowest BCUT2D eigenvalue weighted by atomic mass is 10.1. The highest BCUT2D eigenvalue weighted by Gasteiger charge is 2.21. The third kappa shape index (κ3) is 5.53. The van der Waals surface area contributed by atoms with Crippen molar-refractivity contribution in [2.75, 3.05) is 45.2 Å². The van der Waals surface area contributed by atoms with E-state index < -0.39 is 5.82 Å². The molecule has 2 heterocycles. The van der Waals surface area contributed by atoms with Crippen LogP contribution in [0.1, 0.15) is 28.9 Å². The molecule has 2 amide bonds. The fourth-order valence-corrected chi connectivity index (χ4v) is 3.37. The topological polar surface area (TPSA) is 56.8 Å². The number of carbonyl (C=O) groups excluding carboxylic acids is 2. The summed E-state index contributed by atoms with van der Waals surface area (Å²) in [5.74, 6) is 0.152. The number of benzene rings is 1. The molecule has 0 fully saturated rings. The smallest absolute Gasteiger partial charge is 0.254 e. The van der Waals surface area contributed by atoms with Crippen molar-refractivity contribution in [3.8, 4) is 0 Å². The van der Waals surface area contributed by atoms with Gasteiger partial charge in [-0.2, -0.15) is 0 Å². The van der Waals surface area contributed by atoms with E-state index in [9.17, 15) is 14.0 Å². The summed E-state index contributed by atoms with van der Waals surface area (Å²) in [5, 5.41) is 0. The fourth-order valence-electron chi connectivity index (χ4n) is 3.37. The molecule has 7 heteroatoms. The summed E-state index contributed by atoms with van der Waals surface area (Å²) in [6.07, 6.45) is 2.19. The van der Waals surface area contributed by atoms with Crippen LogP contribution in [-0.2, 0) is 11.2 Å². The molecule has 29 heavy (non-hydrogen) atoms. The first-order valence-corrected chi connectivity index (χ1v) is 9.90. The number of aromatic nitrogens is 1. The first-order chi connectivity index (χ1) is 13.9. The van der Waals surface area contributed by atoms with Gasteiger partial charge in [-0.1, -0.05) is 6.07 Å². The van der Waals surface area contributed by atoms with Gasteiger partial charge in [0.1, 0.15) is 18.2 Å². The van der Waals surface area contributed by atoms with Crippen molar-refractivity contribution in [3.05, 3.63) is 59.5 Å². The van der Waals surface area contributed by atoms with Gasteiger partial charge in [0.05, 0.1) is 0 Å². The van der Waals surface area contributed by atoms with Crippen molar-refractivity contribution >= 4 is 17.6 Å². The highest BCUT2D eigenvalue weighted by Crippen LogP contribution is 2.14. The van der Waals surface area contributed by atoms with Gasteiger partial charge in [-0.25, -0.2) is 9.37 Å². The van der Waals surface area contributed by atoms with Crippen molar-refractivity contribution in [1.82, 2.24) is 14.8 Å². The minimum atomic E-state index is -0.394. The van der Waals surface area contributed by atoms with E-state index in [-0.39, 0.29) is 18.4 Å². The van der Waals surface area contributed by atoms with Crippen LogP contribution in [0.5, 0.6) is 0 Å². The fraction of sp³-hybridized carbons (Fsp3) is 0.409. The van der Waals surface area contributed by atoms with Crippen LogP contribution in [0.2, 0.25) is 0 Å². The Balaban J connectivity index is 1.80. The standard InChI is InChI=1S/C22H27FN4O2/c1-25-13-5-14-26(2)21(28)16-27(22(29)17-9-11-18(23)12-10-17)15-4-7-19-6-3-8-20(25)24-19/h3,6,8-12H,4-5,7,13-16H2,1-2H3. The zero-order chi connectivity index (χ0) is 20.8. The van der Waals surface area contributed by atoms with Gasteiger partial charge in [-0.05, 0) is 55.7 Å². The van der Waals surface area contributed by atoms with Gasteiger partial charge >= 0.3 is 0 Å². The largest absolute Gasteiger partial charge is 0.360 e. The van der Waals surface area contributed by atoms with Gasteiger partial charge in [0.2, 0.25) is 5.91 Å². The summed E-state index contributed by atoms with van der Waals surface area (Å²) in [6.45, 7) is 1.82. The molecule has 0 spiro atoms. The van der Waals surface area contributed by atoms with Crippen molar-refractivity contribution < 1.29 is 14.0 Å². The van der Waals surface area contributed by atoms with Crippen LogP contribution in [-0.4, -0.2) is 66.9 Å². The van der Waals surface area contributed by atoms with E-state index in [1.54, 1.807) is 16.8 Å². The van der Waals surface area contributed by atoms with Crippen molar-refractivity contribution in [1.29, 1.82) is 0 Å². The minimum Gasteiger partial charge on any atom is -0.360 e. The number of nitrogens with zero attached hydrogens (tertiary/aromatic N) is 4. The van der Waals surface area contributed by atoms with Gasteiger partial charge in [0.15, 0.2) is 0 Å². The lowest BCUT2D eigenvalue weighted by molar-refractivity contribution is -0.130. The molecule has 0 radical (unpaired) electrons. The number of anilines is 1. The summed E-state index contributed by atoms with van der Waals surface area (Å²) in [5.41, 5.74) is 1.34. The Bertz CT molecular complexity index is 856. The molecule has 1 aliphatic heterocycles. The molecule has 1 aromatic heterocycles. The van der Waals surface area contributed by atoms with E-state index in [1.165, 1.54) is 24.3 Å². The van der Waals surface area contributed by atoms with Gasteiger partial charge in [-0.3, -0.25) is 9.59 Å². The molecular weight excluding hydrogens is 371 g/mol. The zero-order valence-corrected chi connectivity index (χ0v) is 17.0. The van der Waals surface area contributed by atoms with Crippen LogP contribution in [0, 0.1) is 5.82 Å². The Kier molecular flexibility index (Phi) is 6.80. The molecule has 0 saturated carbocycles. The molecule has 2 bridgehead atoms. The Hall–Kier alpha value is -2.96. The third-order valence-electron chi connectivity index (χ3n) is 5.16. The van der Waals surface area contributed by atoms with Crippen LogP contribution in [0.3, 0.4) is 0 Å². The number of likely N-dealkylation sites (N-methyl/N-ethyl adjacent to an activating group) is 1. The monoisotopic (exact) mass is 398 g/mol. The van der Waals surface area contributed by atoms with Gasteiger partial charge < -0.3 is 14.7 Å².